The van der Waals surface area contributed by atoms with Crippen molar-refractivity contribution in [3.8, 4) is 46.0 Å². The second kappa shape index (κ2) is 43.1. The van der Waals surface area contributed by atoms with Gasteiger partial charge in [-0.1, -0.05) is 74.5 Å². The first-order chi connectivity index (χ1) is 65.7. The fourth-order valence-corrected chi connectivity index (χ4v) is 20.1. The van der Waals surface area contributed by atoms with Crippen molar-refractivity contribution in [1.29, 1.82) is 0 Å². The number of pyridine rings is 1. The number of fused-ring (bicyclic) bond motifs is 4. The van der Waals surface area contributed by atoms with Crippen LogP contribution in [0.2, 0.25) is 0 Å². The van der Waals surface area contributed by atoms with Crippen LogP contribution in [0.5, 0.6) is 46.0 Å². The number of thiophene rings is 2. The number of carbonyl (C=O) groups excluding carboxylic acids is 8. The van der Waals surface area contributed by atoms with Gasteiger partial charge in [0.2, 0.25) is 0 Å². The third-order valence-corrected chi connectivity index (χ3v) is 27.2. The zero-order chi connectivity index (χ0) is 94.5. The molecule has 3 aromatic heterocycles. The zero-order valence-corrected chi connectivity index (χ0v) is 79.5. The molecule has 8 aliphatic rings. The number of carbonyl (C=O) groups is 8. The second-order valence-electron chi connectivity index (χ2n) is 34.3. The Bertz CT molecular complexity index is 5940. The van der Waals surface area contributed by atoms with E-state index in [0.29, 0.717) is 96.4 Å². The summed E-state index contributed by atoms with van der Waals surface area (Å²) in [6.45, 7) is 22.8. The number of aromatic nitrogens is 1. The quantitative estimate of drug-likeness (QED) is 0.0413. The molecule has 0 radical (unpaired) electrons. The van der Waals surface area contributed by atoms with Crippen LogP contribution in [0.25, 0.3) is 0 Å². The molecular weight excluding hydrogens is 1750 g/mol. The molecule has 0 aliphatic carbocycles. The Kier molecular flexibility index (Phi) is 30.2. The summed E-state index contributed by atoms with van der Waals surface area (Å²) in [5.41, 5.74) is 12.9. The molecule has 0 bridgehead atoms. The number of benzene rings is 8. The molecule has 135 heavy (non-hydrogen) atoms. The van der Waals surface area contributed by atoms with Gasteiger partial charge in [-0.2, -0.15) is 11.3 Å². The van der Waals surface area contributed by atoms with E-state index in [1.54, 1.807) is 152 Å². The average Bonchev–Trinajstić information content (AvgIpc) is 1.63. The Hall–Kier alpha value is -13.7. The SMILES string of the molecule is COc1ccc(CN2C(=O)c3cccc(N4CCN(CC(C)C)CC4)c3C2=O)cc1OC.COc1ccc(CN2C(=O)c3cccc(N4CCN(Cc5ccccn5)CC4)c3C2=O)cc1OC.COc1ccc(CN2C(=O)c3cccc(N4CCN(Cc5cccs5)CC4)c3C2=O)cc1OC.COc1ccc(CN2C(=O)c3cccc(N4CCN(Cc5ccsc5)CC4)c3C2=O)cc1OC. The average molecular weight is 1870 g/mol. The van der Waals surface area contributed by atoms with Gasteiger partial charge in [-0.15, -0.1) is 11.3 Å². The van der Waals surface area contributed by atoms with Gasteiger partial charge in [0.25, 0.3) is 47.3 Å². The molecule has 8 aromatic carbocycles. The van der Waals surface area contributed by atoms with Gasteiger partial charge in [0.05, 0.1) is 156 Å². The van der Waals surface area contributed by atoms with Gasteiger partial charge in [-0.25, -0.2) is 0 Å². The van der Waals surface area contributed by atoms with Crippen molar-refractivity contribution in [1.82, 2.24) is 44.2 Å². The van der Waals surface area contributed by atoms with E-state index in [-0.39, 0.29) is 73.4 Å². The molecule has 0 spiro atoms. The number of nitrogens with zero attached hydrogens (tertiary/aromatic N) is 13. The van der Waals surface area contributed by atoms with Crippen LogP contribution in [0.1, 0.15) is 135 Å². The Morgan fingerprint density at radius 3 is 0.889 bits per heavy atom. The van der Waals surface area contributed by atoms with E-state index in [2.05, 4.69) is 92.4 Å². The zero-order valence-electron chi connectivity index (χ0n) is 77.8. The number of methoxy groups -OCH3 is 8. The maximum atomic E-state index is 13.5. The summed E-state index contributed by atoms with van der Waals surface area (Å²) in [6.07, 6.45) is 1.81. The van der Waals surface area contributed by atoms with Gasteiger partial charge in [-0.3, -0.25) is 82.5 Å². The lowest BCUT2D eigenvalue weighted by atomic mass is 10.1. The number of hydrogen-bond acceptors (Lipinski definition) is 27. The summed E-state index contributed by atoms with van der Waals surface area (Å²) in [5, 5.41) is 6.40. The maximum Gasteiger partial charge on any atom is 0.263 e. The van der Waals surface area contributed by atoms with Crippen LogP contribution in [0.3, 0.4) is 0 Å². The summed E-state index contributed by atoms with van der Waals surface area (Å²) in [4.78, 5) is 136. The Morgan fingerprint density at radius 2 is 0.607 bits per heavy atom. The van der Waals surface area contributed by atoms with E-state index >= 15 is 0 Å². The number of hydrogen-bond donors (Lipinski definition) is 0. The fraction of sp³-hybridized carbons (Fsp3) is 0.337. The van der Waals surface area contributed by atoms with E-state index in [0.717, 1.165) is 182 Å². The third kappa shape index (κ3) is 20.8. The Labute approximate surface area is 794 Å². The van der Waals surface area contributed by atoms with Crippen molar-refractivity contribution in [3.05, 3.63) is 287 Å². The first kappa shape index (κ1) is 94.5. The normalized spacial score (nSPS) is 16.2. The highest BCUT2D eigenvalue weighted by atomic mass is 32.1. The summed E-state index contributed by atoms with van der Waals surface area (Å²) in [7, 11) is 12.6. The summed E-state index contributed by atoms with van der Waals surface area (Å²) in [6, 6.07) is 56.4. The van der Waals surface area contributed by atoms with Gasteiger partial charge in [0, 0.05) is 142 Å². The lowest BCUT2D eigenvalue weighted by Gasteiger charge is -2.37. The van der Waals surface area contributed by atoms with Crippen LogP contribution >= 0.6 is 22.7 Å². The van der Waals surface area contributed by atoms with E-state index in [4.69, 9.17) is 37.9 Å². The highest BCUT2D eigenvalue weighted by molar-refractivity contribution is 7.09. The van der Waals surface area contributed by atoms with Crippen LogP contribution in [0.15, 0.2) is 204 Å². The van der Waals surface area contributed by atoms with Gasteiger partial charge < -0.3 is 57.5 Å². The van der Waals surface area contributed by atoms with E-state index < -0.39 is 0 Å². The van der Waals surface area contributed by atoms with Crippen molar-refractivity contribution in [2.45, 2.75) is 59.7 Å². The molecule has 8 amide bonds. The molecule has 702 valence electrons. The molecule has 11 heterocycles. The smallest absolute Gasteiger partial charge is 0.263 e. The predicted octanol–water partition coefficient (Wildman–Crippen LogP) is 14.3. The summed E-state index contributed by atoms with van der Waals surface area (Å²) >= 11 is 3.50. The number of anilines is 4. The van der Waals surface area contributed by atoms with E-state index in [1.807, 2.05) is 97.2 Å². The lowest BCUT2D eigenvalue weighted by molar-refractivity contribution is 0.0627. The molecule has 0 unspecified atom stereocenters. The first-order valence-electron chi connectivity index (χ1n) is 45.3. The van der Waals surface area contributed by atoms with Crippen molar-refractivity contribution < 1.29 is 76.3 Å². The number of rotatable bonds is 28. The Morgan fingerprint density at radius 1 is 0.289 bits per heavy atom. The summed E-state index contributed by atoms with van der Waals surface area (Å²) < 4.78 is 42.6. The molecule has 31 heteroatoms. The largest absolute Gasteiger partial charge is 0.493 e. The lowest BCUT2D eigenvalue weighted by Crippen LogP contribution is -2.47. The molecule has 4 fully saturated rings. The van der Waals surface area contributed by atoms with Crippen molar-refractivity contribution in [2.75, 3.05) is 188 Å². The van der Waals surface area contributed by atoms with Crippen molar-refractivity contribution in [2.24, 2.45) is 5.92 Å². The number of ether oxygens (including phenoxy) is 8. The predicted molar refractivity (Wildman–Crippen MR) is 520 cm³/mol. The van der Waals surface area contributed by atoms with E-state index in [1.165, 1.54) is 30.0 Å². The Balaban J connectivity index is 0.000000131. The van der Waals surface area contributed by atoms with Crippen LogP contribution < -0.4 is 57.5 Å². The fourth-order valence-electron chi connectivity index (χ4n) is 18.7. The molecule has 19 rings (SSSR count). The van der Waals surface area contributed by atoms with Gasteiger partial charge in [-0.05, 0) is 171 Å². The molecular formula is C104H113N13O16S2. The van der Waals surface area contributed by atoms with Crippen molar-refractivity contribution in [3.63, 3.8) is 0 Å². The maximum absolute atomic E-state index is 13.5. The highest BCUT2D eigenvalue weighted by Crippen LogP contribution is 2.42. The molecule has 29 nitrogen and oxygen atoms in total. The molecule has 11 aromatic rings. The topological polar surface area (TPSA) is 262 Å². The van der Waals surface area contributed by atoms with Gasteiger partial charge in [0.1, 0.15) is 0 Å². The van der Waals surface area contributed by atoms with Gasteiger partial charge in [0.15, 0.2) is 46.0 Å². The highest BCUT2D eigenvalue weighted by Gasteiger charge is 2.44. The number of amides is 8. The minimum Gasteiger partial charge on any atom is -0.493 e. The summed E-state index contributed by atoms with van der Waals surface area (Å²) in [5.74, 6) is 3.30. The number of piperazine rings is 4. The minimum atomic E-state index is -0.268. The molecule has 8 aliphatic heterocycles. The van der Waals surface area contributed by atoms with E-state index in [9.17, 15) is 38.4 Å². The standard InChI is InChI=1S/C27H28N4O4.2C26H27N3O4S.C25H31N3O4/c1-34-23-10-9-19(16-24(23)35-2)17-31-26(32)21-7-5-8-22(25(21)27(31)33)30-14-12-29(13-15-30)18-20-6-3-4-11-28-20;1-32-22-9-8-18(15-23(22)33-2)16-29-25(30)20-6-3-7-21(24(20)26(29)31)28-12-10-27(11-13-28)17-19-5-4-14-34-19;1-32-22-7-6-18(14-23(22)33-2)16-29-25(30)20-4-3-5-21(24(20)26(29)31)28-11-9-27(10-12-28)15-19-8-13-34-17-19;1-17(2)15-26-10-12-27(13-11-26)20-7-5-6-19-23(20)25(30)28(24(19)29)16-18-8-9-21(31-3)22(14-18)32-4/h3-11,16H,12-15,17-18H2,1-2H3;3-9,14-15H,10-13,16-17H2,1-2H3;3-8,13-14,17H,9-12,15-16H2,1-2H3;5-9,14,17H,10-13,15-16H2,1-4H3. The van der Waals surface area contributed by atoms with Crippen LogP contribution in [-0.4, -0.2) is 260 Å². The minimum absolute atomic E-state index is 0.171. The van der Waals surface area contributed by atoms with Crippen molar-refractivity contribution >= 4 is 92.7 Å². The van der Waals surface area contributed by atoms with Crippen LogP contribution in [-0.2, 0) is 45.8 Å². The monoisotopic (exact) mass is 1860 g/mol. The molecule has 0 saturated carbocycles. The number of imide groups is 4. The van der Waals surface area contributed by atoms with Crippen LogP contribution in [0.4, 0.5) is 22.7 Å². The van der Waals surface area contributed by atoms with Crippen LogP contribution in [0, 0.1) is 5.92 Å². The third-order valence-electron chi connectivity index (χ3n) is 25.6. The second-order valence-corrected chi connectivity index (χ2v) is 36.2. The first-order valence-corrected chi connectivity index (χ1v) is 47.1. The van der Waals surface area contributed by atoms with Gasteiger partial charge >= 0.3 is 0 Å². The molecule has 4 saturated heterocycles. The molecule has 0 atom stereocenters. The molecule has 0 N–H and O–H groups in total.